The molecular formula is C19H31NO. The van der Waals surface area contributed by atoms with Gasteiger partial charge in [-0.25, -0.2) is 0 Å². The first-order valence-corrected chi connectivity index (χ1v) is 8.74. The van der Waals surface area contributed by atoms with E-state index in [1.807, 2.05) is 0 Å². The number of phenols is 1. The van der Waals surface area contributed by atoms with Crippen molar-refractivity contribution in [3.05, 3.63) is 29.8 Å². The van der Waals surface area contributed by atoms with Crippen LogP contribution in [0.25, 0.3) is 0 Å². The van der Waals surface area contributed by atoms with E-state index >= 15 is 0 Å². The Morgan fingerprint density at radius 2 is 1.76 bits per heavy atom. The molecule has 0 bridgehead atoms. The molecule has 118 valence electrons. The molecule has 1 saturated carbocycles. The molecule has 0 heterocycles. The zero-order chi connectivity index (χ0) is 15.1. The van der Waals surface area contributed by atoms with Crippen molar-refractivity contribution < 1.29 is 5.11 Å². The molecule has 0 spiro atoms. The fraction of sp³-hybridized carbons (Fsp3) is 0.684. The molecule has 1 aromatic carbocycles. The van der Waals surface area contributed by atoms with Crippen molar-refractivity contribution >= 4 is 0 Å². The summed E-state index contributed by atoms with van der Waals surface area (Å²) in [6, 6.07) is 8.33. The molecule has 0 aromatic heterocycles. The zero-order valence-corrected chi connectivity index (χ0v) is 13.6. The van der Waals surface area contributed by atoms with Crippen molar-refractivity contribution in [2.75, 3.05) is 6.54 Å². The molecule has 2 heteroatoms. The second kappa shape index (κ2) is 8.43. The van der Waals surface area contributed by atoms with Gasteiger partial charge in [-0.2, -0.15) is 0 Å². The predicted molar refractivity (Wildman–Crippen MR) is 89.6 cm³/mol. The van der Waals surface area contributed by atoms with E-state index in [9.17, 15) is 5.11 Å². The Labute approximate surface area is 130 Å². The molecule has 2 nitrogen and oxygen atoms in total. The molecule has 1 unspecified atom stereocenters. The second-order valence-corrected chi connectivity index (χ2v) is 6.62. The van der Waals surface area contributed by atoms with E-state index in [0.717, 1.165) is 24.8 Å². The highest BCUT2D eigenvalue weighted by Crippen LogP contribution is 2.33. The summed E-state index contributed by atoms with van der Waals surface area (Å²) in [6.45, 7) is 5.67. The molecule has 0 aliphatic heterocycles. The fourth-order valence-corrected chi connectivity index (χ4v) is 3.62. The Bertz CT molecular complexity index is 393. The van der Waals surface area contributed by atoms with E-state index in [1.54, 1.807) is 12.1 Å². The zero-order valence-electron chi connectivity index (χ0n) is 13.6. The van der Waals surface area contributed by atoms with Crippen molar-refractivity contribution in [2.24, 2.45) is 11.8 Å². The maximum Gasteiger partial charge on any atom is 0.115 e. The van der Waals surface area contributed by atoms with Crippen molar-refractivity contribution in [2.45, 2.75) is 64.8 Å². The number of nitrogens with one attached hydrogen (secondary N) is 1. The van der Waals surface area contributed by atoms with Gasteiger partial charge in [0.05, 0.1) is 0 Å². The van der Waals surface area contributed by atoms with Gasteiger partial charge in [0.1, 0.15) is 5.75 Å². The van der Waals surface area contributed by atoms with Crippen molar-refractivity contribution in [3.8, 4) is 5.75 Å². The quantitative estimate of drug-likeness (QED) is 0.773. The molecule has 0 amide bonds. The molecule has 21 heavy (non-hydrogen) atoms. The summed E-state index contributed by atoms with van der Waals surface area (Å²) in [6.07, 6.45) is 9.17. The van der Waals surface area contributed by atoms with E-state index in [2.05, 4.69) is 31.3 Å². The first-order valence-electron chi connectivity index (χ1n) is 8.74. The van der Waals surface area contributed by atoms with Crippen LogP contribution < -0.4 is 5.32 Å². The molecule has 1 aliphatic rings. The minimum absolute atomic E-state index is 0.361. The van der Waals surface area contributed by atoms with Crippen LogP contribution in [-0.4, -0.2) is 17.7 Å². The highest BCUT2D eigenvalue weighted by Gasteiger charge is 2.26. The van der Waals surface area contributed by atoms with Crippen molar-refractivity contribution in [3.63, 3.8) is 0 Å². The number of rotatable bonds is 7. The summed E-state index contributed by atoms with van der Waals surface area (Å²) in [4.78, 5) is 0. The third kappa shape index (κ3) is 5.03. The Morgan fingerprint density at radius 3 is 2.33 bits per heavy atom. The maximum atomic E-state index is 9.42. The first-order chi connectivity index (χ1) is 10.2. The molecule has 0 saturated heterocycles. The first kappa shape index (κ1) is 16.4. The van der Waals surface area contributed by atoms with Crippen LogP contribution in [-0.2, 0) is 6.42 Å². The van der Waals surface area contributed by atoms with Crippen LogP contribution in [0.5, 0.6) is 5.75 Å². The average molecular weight is 289 g/mol. The van der Waals surface area contributed by atoms with Crippen LogP contribution >= 0.6 is 0 Å². The summed E-state index contributed by atoms with van der Waals surface area (Å²) in [5.41, 5.74) is 1.33. The summed E-state index contributed by atoms with van der Waals surface area (Å²) < 4.78 is 0. The Kier molecular flexibility index (Phi) is 6.56. The van der Waals surface area contributed by atoms with Gasteiger partial charge < -0.3 is 10.4 Å². The summed E-state index contributed by atoms with van der Waals surface area (Å²) in [5.74, 6) is 2.13. The highest BCUT2D eigenvalue weighted by molar-refractivity contribution is 5.26. The molecule has 1 aliphatic carbocycles. The van der Waals surface area contributed by atoms with Crippen LogP contribution in [0.4, 0.5) is 0 Å². The number of hydrogen-bond donors (Lipinski definition) is 2. The lowest BCUT2D eigenvalue weighted by Crippen LogP contribution is -2.40. The fourth-order valence-electron chi connectivity index (χ4n) is 3.62. The van der Waals surface area contributed by atoms with Crippen LogP contribution in [0.3, 0.4) is 0 Å². The van der Waals surface area contributed by atoms with E-state index in [1.165, 1.54) is 44.1 Å². The van der Waals surface area contributed by atoms with Crippen LogP contribution in [0.15, 0.2) is 24.3 Å². The standard InChI is InChI=1S/C19H31NO/c1-3-13-20-19(14-16-7-11-18(21)12-8-16)17-9-5-15(4-2)6-10-17/h7-8,11-12,15,17,19-21H,3-6,9-10,13-14H2,1-2H3. The Balaban J connectivity index is 1.95. The second-order valence-electron chi connectivity index (χ2n) is 6.62. The van der Waals surface area contributed by atoms with Gasteiger partial charge in [-0.05, 0) is 61.8 Å². The molecular weight excluding hydrogens is 258 g/mol. The molecule has 1 atom stereocenters. The lowest BCUT2D eigenvalue weighted by Gasteiger charge is -2.34. The Hall–Kier alpha value is -1.02. The third-order valence-corrected chi connectivity index (χ3v) is 5.09. The number of hydrogen-bond acceptors (Lipinski definition) is 2. The summed E-state index contributed by atoms with van der Waals surface area (Å²) in [5, 5.41) is 13.2. The van der Waals surface area contributed by atoms with Gasteiger partial charge >= 0.3 is 0 Å². The van der Waals surface area contributed by atoms with E-state index < -0.39 is 0 Å². The lowest BCUT2D eigenvalue weighted by molar-refractivity contribution is 0.216. The largest absolute Gasteiger partial charge is 0.508 e. The van der Waals surface area contributed by atoms with Gasteiger partial charge in [-0.3, -0.25) is 0 Å². The molecule has 1 fully saturated rings. The average Bonchev–Trinajstić information content (AvgIpc) is 2.53. The van der Waals surface area contributed by atoms with E-state index in [-0.39, 0.29) is 0 Å². The van der Waals surface area contributed by atoms with Gasteiger partial charge in [0, 0.05) is 6.04 Å². The van der Waals surface area contributed by atoms with Crippen LogP contribution in [0.2, 0.25) is 0 Å². The van der Waals surface area contributed by atoms with Crippen molar-refractivity contribution in [1.29, 1.82) is 0 Å². The molecule has 2 rings (SSSR count). The van der Waals surface area contributed by atoms with Gasteiger partial charge in [0.2, 0.25) is 0 Å². The van der Waals surface area contributed by atoms with Crippen molar-refractivity contribution in [1.82, 2.24) is 5.32 Å². The molecule has 0 radical (unpaired) electrons. The minimum atomic E-state index is 0.361. The van der Waals surface area contributed by atoms with Gasteiger partial charge in [0.25, 0.3) is 0 Å². The van der Waals surface area contributed by atoms with Crippen LogP contribution in [0, 0.1) is 11.8 Å². The number of aromatic hydroxyl groups is 1. The van der Waals surface area contributed by atoms with E-state index in [0.29, 0.717) is 11.8 Å². The maximum absolute atomic E-state index is 9.42. The summed E-state index contributed by atoms with van der Waals surface area (Å²) in [7, 11) is 0. The summed E-state index contributed by atoms with van der Waals surface area (Å²) >= 11 is 0. The Morgan fingerprint density at radius 1 is 1.10 bits per heavy atom. The smallest absolute Gasteiger partial charge is 0.115 e. The number of benzene rings is 1. The third-order valence-electron chi connectivity index (χ3n) is 5.09. The monoisotopic (exact) mass is 289 g/mol. The molecule has 2 N–H and O–H groups in total. The highest BCUT2D eigenvalue weighted by atomic mass is 16.3. The van der Waals surface area contributed by atoms with E-state index in [4.69, 9.17) is 0 Å². The molecule has 1 aromatic rings. The normalized spacial score (nSPS) is 23.9. The predicted octanol–water partition coefficient (Wildman–Crippen LogP) is 4.52. The van der Waals surface area contributed by atoms with Crippen LogP contribution in [0.1, 0.15) is 57.9 Å². The number of phenolic OH excluding ortho intramolecular Hbond substituents is 1. The minimum Gasteiger partial charge on any atom is -0.508 e. The SMILES string of the molecule is CCCNC(Cc1ccc(O)cc1)C1CCC(CC)CC1. The van der Waals surface area contributed by atoms with Gasteiger partial charge in [-0.1, -0.05) is 45.2 Å². The van der Waals surface area contributed by atoms with Gasteiger partial charge in [0.15, 0.2) is 0 Å². The lowest BCUT2D eigenvalue weighted by atomic mass is 9.76. The van der Waals surface area contributed by atoms with Gasteiger partial charge in [-0.15, -0.1) is 0 Å². The topological polar surface area (TPSA) is 32.3 Å².